The first-order valence-electron chi connectivity index (χ1n) is 5.07. The smallest absolute Gasteiger partial charge is 0.309 e. The van der Waals surface area contributed by atoms with Gasteiger partial charge in [-0.1, -0.05) is 19.1 Å². The molecule has 1 rings (SSSR count). The molecule has 0 amide bonds. The van der Waals surface area contributed by atoms with Gasteiger partial charge >= 0.3 is 5.97 Å². The summed E-state index contributed by atoms with van der Waals surface area (Å²) in [7, 11) is 1.40. The largest absolute Gasteiger partial charge is 0.469 e. The molecule has 0 aliphatic rings. The molecule has 0 aromatic heterocycles. The molecule has 0 bridgehead atoms. The van der Waals surface area contributed by atoms with E-state index in [1.165, 1.54) is 7.11 Å². The molecule has 0 heterocycles. The Morgan fingerprint density at radius 2 is 2.06 bits per heavy atom. The molecule has 88 valence electrons. The fourth-order valence-electron chi connectivity index (χ4n) is 1.18. The number of hydrogen-bond donors (Lipinski definition) is 1. The lowest BCUT2D eigenvalue weighted by molar-refractivity contribution is -0.143. The van der Waals surface area contributed by atoms with E-state index < -0.39 is 0 Å². The van der Waals surface area contributed by atoms with Crippen LogP contribution in [0.2, 0.25) is 0 Å². The van der Waals surface area contributed by atoms with Crippen molar-refractivity contribution in [3.8, 4) is 0 Å². The van der Waals surface area contributed by atoms with Crippen LogP contribution in [0.4, 0.5) is 0 Å². The number of thioether (sulfide) groups is 1. The Labute approximate surface area is 99.8 Å². The highest BCUT2D eigenvalue weighted by molar-refractivity contribution is 7.99. The van der Waals surface area contributed by atoms with E-state index in [-0.39, 0.29) is 18.5 Å². The van der Waals surface area contributed by atoms with Gasteiger partial charge in [0, 0.05) is 10.6 Å². The summed E-state index contributed by atoms with van der Waals surface area (Å²) in [6, 6.07) is 7.65. The average molecular weight is 240 g/mol. The highest BCUT2D eigenvalue weighted by Crippen LogP contribution is 2.21. The molecule has 0 aliphatic heterocycles. The first-order chi connectivity index (χ1) is 7.67. The van der Waals surface area contributed by atoms with Crippen molar-refractivity contribution in [1.82, 2.24) is 0 Å². The van der Waals surface area contributed by atoms with E-state index in [1.807, 2.05) is 31.2 Å². The van der Waals surface area contributed by atoms with Gasteiger partial charge in [-0.15, -0.1) is 11.8 Å². The molecule has 1 atom stereocenters. The maximum absolute atomic E-state index is 11.2. The van der Waals surface area contributed by atoms with Gasteiger partial charge in [-0.2, -0.15) is 0 Å². The highest BCUT2D eigenvalue weighted by atomic mass is 32.2. The second-order valence-corrected chi connectivity index (χ2v) is 4.63. The summed E-state index contributed by atoms with van der Waals surface area (Å²) in [4.78, 5) is 12.3. The van der Waals surface area contributed by atoms with Gasteiger partial charge in [0.15, 0.2) is 0 Å². The summed E-state index contributed by atoms with van der Waals surface area (Å²) in [5.41, 5.74) is 0.894. The lowest BCUT2D eigenvalue weighted by Crippen LogP contribution is -2.14. The fraction of sp³-hybridized carbons (Fsp3) is 0.417. The monoisotopic (exact) mass is 240 g/mol. The fourth-order valence-corrected chi connectivity index (χ4v) is 2.09. The lowest BCUT2D eigenvalue weighted by Gasteiger charge is -2.08. The Balaban J connectivity index is 2.45. The highest BCUT2D eigenvalue weighted by Gasteiger charge is 2.12. The van der Waals surface area contributed by atoms with Crippen molar-refractivity contribution in [3.05, 3.63) is 29.8 Å². The number of rotatable bonds is 5. The number of hydrogen-bond acceptors (Lipinski definition) is 4. The Morgan fingerprint density at radius 1 is 1.44 bits per heavy atom. The topological polar surface area (TPSA) is 46.5 Å². The standard InChI is InChI=1S/C12H16O3S/c1-9(12(14)15-2)8-16-11-5-3-10(7-13)4-6-11/h3-6,9,13H,7-8H2,1-2H3. The van der Waals surface area contributed by atoms with E-state index in [9.17, 15) is 4.79 Å². The minimum Gasteiger partial charge on any atom is -0.469 e. The zero-order valence-electron chi connectivity index (χ0n) is 9.47. The van der Waals surface area contributed by atoms with Crippen LogP contribution >= 0.6 is 11.8 Å². The Kier molecular flexibility index (Phi) is 5.35. The molecule has 16 heavy (non-hydrogen) atoms. The van der Waals surface area contributed by atoms with Gasteiger partial charge in [-0.25, -0.2) is 0 Å². The van der Waals surface area contributed by atoms with Crippen molar-refractivity contribution in [2.24, 2.45) is 5.92 Å². The van der Waals surface area contributed by atoms with E-state index in [0.29, 0.717) is 5.75 Å². The van der Waals surface area contributed by atoms with Gasteiger partial charge in [-0.3, -0.25) is 4.79 Å². The Hall–Kier alpha value is -1.00. The number of benzene rings is 1. The maximum Gasteiger partial charge on any atom is 0.309 e. The van der Waals surface area contributed by atoms with Crippen molar-refractivity contribution in [1.29, 1.82) is 0 Å². The molecule has 3 nitrogen and oxygen atoms in total. The van der Waals surface area contributed by atoms with Crippen LogP contribution in [-0.4, -0.2) is 23.9 Å². The molecular formula is C12H16O3S. The summed E-state index contributed by atoms with van der Waals surface area (Å²) in [5.74, 6) is 0.414. The number of methoxy groups -OCH3 is 1. The molecule has 1 aromatic carbocycles. The summed E-state index contributed by atoms with van der Waals surface area (Å²) in [6.07, 6.45) is 0. The quantitative estimate of drug-likeness (QED) is 0.632. The number of carbonyl (C=O) groups excluding carboxylic acids is 1. The van der Waals surface area contributed by atoms with E-state index in [2.05, 4.69) is 4.74 Å². The van der Waals surface area contributed by atoms with Crippen LogP contribution in [0.3, 0.4) is 0 Å². The molecular weight excluding hydrogens is 224 g/mol. The van der Waals surface area contributed by atoms with Crippen molar-refractivity contribution in [2.45, 2.75) is 18.4 Å². The maximum atomic E-state index is 11.2. The molecule has 4 heteroatoms. The lowest BCUT2D eigenvalue weighted by atomic mass is 10.2. The number of aliphatic hydroxyl groups is 1. The molecule has 0 saturated carbocycles. The van der Waals surface area contributed by atoms with Crippen molar-refractivity contribution < 1.29 is 14.6 Å². The number of ether oxygens (including phenoxy) is 1. The normalized spacial score (nSPS) is 12.2. The molecule has 1 N–H and O–H groups in total. The third kappa shape index (κ3) is 3.87. The van der Waals surface area contributed by atoms with Gasteiger partial charge in [-0.05, 0) is 17.7 Å². The van der Waals surface area contributed by atoms with E-state index in [0.717, 1.165) is 10.5 Å². The van der Waals surface area contributed by atoms with Crippen molar-refractivity contribution in [2.75, 3.05) is 12.9 Å². The van der Waals surface area contributed by atoms with Crippen molar-refractivity contribution in [3.63, 3.8) is 0 Å². The SMILES string of the molecule is COC(=O)C(C)CSc1ccc(CO)cc1. The molecule has 0 radical (unpaired) electrons. The van der Waals surface area contributed by atoms with Crippen LogP contribution in [0.15, 0.2) is 29.2 Å². The van der Waals surface area contributed by atoms with E-state index in [1.54, 1.807) is 11.8 Å². The summed E-state index contributed by atoms with van der Waals surface area (Å²) < 4.78 is 4.65. The van der Waals surface area contributed by atoms with Gasteiger partial charge in [0.05, 0.1) is 19.6 Å². The molecule has 0 fully saturated rings. The third-order valence-electron chi connectivity index (χ3n) is 2.21. The molecule has 0 aliphatic carbocycles. The van der Waals surface area contributed by atoms with Crippen LogP contribution in [0.5, 0.6) is 0 Å². The predicted molar refractivity (Wildman–Crippen MR) is 64.3 cm³/mol. The summed E-state index contributed by atoms with van der Waals surface area (Å²) >= 11 is 1.61. The molecule has 0 spiro atoms. The van der Waals surface area contributed by atoms with Crippen LogP contribution in [0.25, 0.3) is 0 Å². The number of carbonyl (C=O) groups is 1. The minimum atomic E-state index is -0.181. The number of aliphatic hydroxyl groups excluding tert-OH is 1. The summed E-state index contributed by atoms with van der Waals surface area (Å²) in [5, 5.41) is 8.88. The predicted octanol–water partition coefficient (Wildman–Crippen LogP) is 2.08. The van der Waals surface area contributed by atoms with E-state index in [4.69, 9.17) is 5.11 Å². The summed E-state index contributed by atoms with van der Waals surface area (Å²) in [6.45, 7) is 1.91. The number of esters is 1. The van der Waals surface area contributed by atoms with E-state index >= 15 is 0 Å². The van der Waals surface area contributed by atoms with Gasteiger partial charge in [0.25, 0.3) is 0 Å². The molecule has 0 saturated heterocycles. The second kappa shape index (κ2) is 6.55. The van der Waals surface area contributed by atoms with Crippen LogP contribution in [-0.2, 0) is 16.1 Å². The van der Waals surface area contributed by atoms with Gasteiger partial charge in [0.2, 0.25) is 0 Å². The van der Waals surface area contributed by atoms with Crippen LogP contribution in [0.1, 0.15) is 12.5 Å². The second-order valence-electron chi connectivity index (χ2n) is 3.54. The first kappa shape index (κ1) is 13.1. The van der Waals surface area contributed by atoms with Gasteiger partial charge in [0.1, 0.15) is 0 Å². The van der Waals surface area contributed by atoms with Crippen molar-refractivity contribution >= 4 is 17.7 Å². The van der Waals surface area contributed by atoms with Crippen LogP contribution < -0.4 is 0 Å². The Bertz CT molecular complexity index is 335. The van der Waals surface area contributed by atoms with Gasteiger partial charge < -0.3 is 9.84 Å². The zero-order valence-corrected chi connectivity index (χ0v) is 10.3. The first-order valence-corrected chi connectivity index (χ1v) is 6.06. The molecule has 1 aromatic rings. The average Bonchev–Trinajstić information content (AvgIpc) is 2.35. The Morgan fingerprint density at radius 3 is 2.56 bits per heavy atom. The minimum absolute atomic E-state index is 0.0590. The molecule has 1 unspecified atom stereocenters. The van der Waals surface area contributed by atoms with Crippen LogP contribution in [0, 0.1) is 5.92 Å². The zero-order chi connectivity index (χ0) is 12.0. The third-order valence-corrected chi connectivity index (χ3v) is 3.48.